The Morgan fingerprint density at radius 3 is 2.76 bits per heavy atom. The van der Waals surface area contributed by atoms with Gasteiger partial charge in [0.2, 0.25) is 0 Å². The maximum Gasteiger partial charge on any atom is 0.0950 e. The molecule has 0 aliphatic heterocycles. The Morgan fingerprint density at radius 2 is 2.12 bits per heavy atom. The van der Waals surface area contributed by atoms with Crippen LogP contribution in [0.25, 0.3) is 0 Å². The van der Waals surface area contributed by atoms with Crippen molar-refractivity contribution >= 4 is 0 Å². The molecule has 0 bridgehead atoms. The molecule has 0 amide bonds. The summed E-state index contributed by atoms with van der Waals surface area (Å²) in [5.74, 6) is 0.691. The topological polar surface area (TPSA) is 23.5 Å². The van der Waals surface area contributed by atoms with E-state index in [9.17, 15) is 5.11 Å². The van der Waals surface area contributed by atoms with Crippen LogP contribution < -0.4 is 0 Å². The standard InChI is InChI=1S/C15H23NO/c1-4-11(2)10-16(3)14-9-12-7-5-6-8-13(12)15(14)17/h5-8,11,14-15,17H,4,9-10H2,1-3H3. The van der Waals surface area contributed by atoms with Gasteiger partial charge in [-0.15, -0.1) is 0 Å². The van der Waals surface area contributed by atoms with Crippen molar-refractivity contribution in [2.75, 3.05) is 13.6 Å². The average molecular weight is 233 g/mol. The second-order valence-corrected chi connectivity index (χ2v) is 5.37. The minimum absolute atomic E-state index is 0.251. The maximum absolute atomic E-state index is 10.4. The number of aliphatic hydroxyl groups excluding tert-OH is 1. The first-order valence-electron chi connectivity index (χ1n) is 6.59. The fraction of sp³-hybridized carbons (Fsp3) is 0.600. The Morgan fingerprint density at radius 1 is 1.41 bits per heavy atom. The van der Waals surface area contributed by atoms with Crippen molar-refractivity contribution < 1.29 is 5.11 Å². The minimum Gasteiger partial charge on any atom is -0.387 e. The number of likely N-dealkylation sites (N-methyl/N-ethyl adjacent to an activating group) is 1. The van der Waals surface area contributed by atoms with Crippen LogP contribution in [0.5, 0.6) is 0 Å². The van der Waals surface area contributed by atoms with Gasteiger partial charge in [-0.25, -0.2) is 0 Å². The van der Waals surface area contributed by atoms with E-state index in [0.29, 0.717) is 5.92 Å². The van der Waals surface area contributed by atoms with Gasteiger partial charge in [0.1, 0.15) is 0 Å². The SMILES string of the molecule is CCC(C)CN(C)C1Cc2ccccc2C1O. The molecule has 0 radical (unpaired) electrons. The molecule has 0 aromatic heterocycles. The molecule has 1 aromatic rings. The first-order chi connectivity index (χ1) is 8.13. The second-order valence-electron chi connectivity index (χ2n) is 5.37. The third-order valence-corrected chi connectivity index (χ3v) is 4.03. The number of hydrogen-bond donors (Lipinski definition) is 1. The number of nitrogens with zero attached hydrogens (tertiary/aromatic N) is 1. The minimum atomic E-state index is -0.319. The normalized spacial score (nSPS) is 25.0. The van der Waals surface area contributed by atoms with Gasteiger partial charge in [-0.05, 0) is 30.5 Å². The number of aliphatic hydroxyl groups is 1. The van der Waals surface area contributed by atoms with E-state index >= 15 is 0 Å². The van der Waals surface area contributed by atoms with Crippen LogP contribution in [0.15, 0.2) is 24.3 Å². The van der Waals surface area contributed by atoms with Gasteiger partial charge < -0.3 is 5.11 Å². The summed E-state index contributed by atoms with van der Waals surface area (Å²) in [6.07, 6.45) is 1.85. The van der Waals surface area contributed by atoms with Gasteiger partial charge in [0.05, 0.1) is 6.10 Å². The molecule has 0 fully saturated rings. The highest BCUT2D eigenvalue weighted by molar-refractivity contribution is 5.35. The first kappa shape index (κ1) is 12.6. The van der Waals surface area contributed by atoms with Gasteiger partial charge in [-0.2, -0.15) is 0 Å². The van der Waals surface area contributed by atoms with Crippen LogP contribution in [0.3, 0.4) is 0 Å². The molecule has 17 heavy (non-hydrogen) atoms. The van der Waals surface area contributed by atoms with Crippen LogP contribution in [0.1, 0.15) is 37.5 Å². The Labute approximate surface area is 104 Å². The number of hydrogen-bond acceptors (Lipinski definition) is 2. The van der Waals surface area contributed by atoms with Gasteiger partial charge in [0, 0.05) is 12.6 Å². The van der Waals surface area contributed by atoms with Crippen LogP contribution >= 0.6 is 0 Å². The smallest absolute Gasteiger partial charge is 0.0950 e. The largest absolute Gasteiger partial charge is 0.387 e. The molecule has 1 N–H and O–H groups in total. The summed E-state index contributed by atoms with van der Waals surface area (Å²) < 4.78 is 0. The Hall–Kier alpha value is -0.860. The fourth-order valence-electron chi connectivity index (χ4n) is 2.71. The van der Waals surface area contributed by atoms with E-state index in [4.69, 9.17) is 0 Å². The van der Waals surface area contributed by atoms with E-state index in [0.717, 1.165) is 18.5 Å². The van der Waals surface area contributed by atoms with Gasteiger partial charge >= 0.3 is 0 Å². The van der Waals surface area contributed by atoms with Gasteiger partial charge in [-0.3, -0.25) is 4.90 Å². The van der Waals surface area contributed by atoms with Crippen LogP contribution in [-0.4, -0.2) is 29.6 Å². The third kappa shape index (κ3) is 2.53. The highest BCUT2D eigenvalue weighted by atomic mass is 16.3. The van der Waals surface area contributed by atoms with E-state index in [2.05, 4.69) is 44.0 Å². The molecule has 2 heteroatoms. The second kappa shape index (κ2) is 5.19. The summed E-state index contributed by atoms with van der Waals surface area (Å²) in [6.45, 7) is 5.55. The third-order valence-electron chi connectivity index (χ3n) is 4.03. The summed E-state index contributed by atoms with van der Waals surface area (Å²) >= 11 is 0. The Kier molecular flexibility index (Phi) is 3.85. The lowest BCUT2D eigenvalue weighted by molar-refractivity contribution is 0.0683. The lowest BCUT2D eigenvalue weighted by Gasteiger charge is -2.29. The molecule has 1 aromatic carbocycles. The molecule has 2 nitrogen and oxygen atoms in total. The van der Waals surface area contributed by atoms with Crippen molar-refractivity contribution in [2.24, 2.45) is 5.92 Å². The summed E-state index contributed by atoms with van der Waals surface area (Å²) in [4.78, 5) is 2.32. The molecule has 94 valence electrons. The first-order valence-corrected chi connectivity index (χ1v) is 6.59. The maximum atomic E-state index is 10.4. The predicted octanol–water partition coefficient (Wildman–Crippen LogP) is 2.62. The van der Waals surface area contributed by atoms with Crippen LogP contribution in [0.2, 0.25) is 0 Å². The summed E-state index contributed by atoms with van der Waals surface area (Å²) in [7, 11) is 2.13. The van der Waals surface area contributed by atoms with Crippen molar-refractivity contribution in [3.63, 3.8) is 0 Å². The van der Waals surface area contributed by atoms with Gasteiger partial charge in [0.15, 0.2) is 0 Å². The molecule has 1 aliphatic rings. The van der Waals surface area contributed by atoms with Gasteiger partial charge in [0.25, 0.3) is 0 Å². The van der Waals surface area contributed by atoms with Gasteiger partial charge in [-0.1, -0.05) is 44.5 Å². The van der Waals surface area contributed by atoms with E-state index in [1.165, 1.54) is 12.0 Å². The molecule has 0 spiro atoms. The van der Waals surface area contributed by atoms with E-state index in [1.54, 1.807) is 0 Å². The summed E-state index contributed by atoms with van der Waals surface area (Å²) in [6, 6.07) is 8.51. The molecule has 0 heterocycles. The van der Waals surface area contributed by atoms with Crippen LogP contribution in [0, 0.1) is 5.92 Å². The number of fused-ring (bicyclic) bond motifs is 1. The monoisotopic (exact) mass is 233 g/mol. The summed E-state index contributed by atoms with van der Waals surface area (Å²) in [5.41, 5.74) is 2.43. The van der Waals surface area contributed by atoms with Crippen molar-refractivity contribution in [2.45, 2.75) is 38.8 Å². The van der Waals surface area contributed by atoms with Crippen molar-refractivity contribution in [3.8, 4) is 0 Å². The molecular formula is C15H23NO. The average Bonchev–Trinajstić information content (AvgIpc) is 2.67. The Bertz CT molecular complexity index is 377. The molecule has 2 rings (SSSR count). The highest BCUT2D eigenvalue weighted by Gasteiger charge is 2.33. The van der Waals surface area contributed by atoms with E-state index < -0.39 is 0 Å². The molecule has 1 aliphatic carbocycles. The molecule has 0 saturated carbocycles. The molecular weight excluding hydrogens is 210 g/mol. The molecule has 3 atom stereocenters. The molecule has 0 saturated heterocycles. The number of benzene rings is 1. The van der Waals surface area contributed by atoms with Crippen LogP contribution in [0.4, 0.5) is 0 Å². The zero-order chi connectivity index (χ0) is 12.4. The zero-order valence-corrected chi connectivity index (χ0v) is 11.1. The Balaban J connectivity index is 2.06. The lowest BCUT2D eigenvalue weighted by atomic mass is 10.1. The fourth-order valence-corrected chi connectivity index (χ4v) is 2.71. The molecule has 3 unspecified atom stereocenters. The van der Waals surface area contributed by atoms with E-state index in [-0.39, 0.29) is 12.1 Å². The lowest BCUT2D eigenvalue weighted by Crippen LogP contribution is -2.37. The number of rotatable bonds is 4. The summed E-state index contributed by atoms with van der Waals surface area (Å²) in [5, 5.41) is 10.4. The van der Waals surface area contributed by atoms with Crippen molar-refractivity contribution in [3.05, 3.63) is 35.4 Å². The van der Waals surface area contributed by atoms with Crippen LogP contribution in [-0.2, 0) is 6.42 Å². The van der Waals surface area contributed by atoms with Crippen molar-refractivity contribution in [1.29, 1.82) is 0 Å². The predicted molar refractivity (Wildman–Crippen MR) is 71.0 cm³/mol. The van der Waals surface area contributed by atoms with Crippen molar-refractivity contribution in [1.82, 2.24) is 4.90 Å². The zero-order valence-electron chi connectivity index (χ0n) is 11.1. The van der Waals surface area contributed by atoms with E-state index in [1.807, 2.05) is 6.07 Å². The highest BCUT2D eigenvalue weighted by Crippen LogP contribution is 2.34. The quantitative estimate of drug-likeness (QED) is 0.864.